The summed E-state index contributed by atoms with van der Waals surface area (Å²) in [5.74, 6) is 2.36. The molecule has 1 N–H and O–H groups in total. The van der Waals surface area contributed by atoms with Crippen molar-refractivity contribution >= 4 is 17.4 Å². The summed E-state index contributed by atoms with van der Waals surface area (Å²) in [4.78, 5) is 10.7. The molecule has 98 valence electrons. The monoisotopic (exact) mass is 266 g/mol. The molecular formula is C13H18N2O2S. The highest BCUT2D eigenvalue weighted by atomic mass is 32.2. The average molecular weight is 266 g/mol. The van der Waals surface area contributed by atoms with Crippen LogP contribution in [0.25, 0.3) is 0 Å². The second-order valence-electron chi connectivity index (χ2n) is 4.59. The zero-order chi connectivity index (χ0) is 13.0. The fourth-order valence-electron chi connectivity index (χ4n) is 2.33. The van der Waals surface area contributed by atoms with Gasteiger partial charge in [-0.25, -0.2) is 0 Å². The number of para-hydroxylation sites is 1. The van der Waals surface area contributed by atoms with Crippen molar-refractivity contribution in [2.45, 2.75) is 31.8 Å². The van der Waals surface area contributed by atoms with E-state index in [1.165, 1.54) is 11.5 Å². The van der Waals surface area contributed by atoms with E-state index in [1.807, 2.05) is 30.8 Å². The van der Waals surface area contributed by atoms with Crippen molar-refractivity contribution in [1.29, 1.82) is 0 Å². The summed E-state index contributed by atoms with van der Waals surface area (Å²) in [7, 11) is 0. The normalized spacial score (nSPS) is 18.5. The van der Waals surface area contributed by atoms with Crippen molar-refractivity contribution in [1.82, 2.24) is 5.32 Å². The van der Waals surface area contributed by atoms with Gasteiger partial charge in [0.2, 0.25) is 0 Å². The molecule has 0 spiro atoms. The predicted molar refractivity (Wildman–Crippen MR) is 75.0 cm³/mol. The molecule has 0 amide bonds. The summed E-state index contributed by atoms with van der Waals surface area (Å²) in [6.07, 6.45) is 2.30. The lowest BCUT2D eigenvalue weighted by Gasteiger charge is -2.26. The first-order valence-corrected chi connectivity index (χ1v) is 7.41. The standard InChI is InChI=1S/C13H18N2O2S/c1-10(14-11-6-8-18-9-7-11)12-4-2-3-5-13(12)15(16)17/h2-5,10-11,14H,6-9H2,1H3. The maximum atomic E-state index is 11.0. The largest absolute Gasteiger partial charge is 0.307 e. The van der Waals surface area contributed by atoms with E-state index in [0.717, 1.165) is 18.4 Å². The second kappa shape index (κ2) is 6.20. The summed E-state index contributed by atoms with van der Waals surface area (Å²) in [6, 6.07) is 7.50. The molecule has 18 heavy (non-hydrogen) atoms. The average Bonchev–Trinajstić information content (AvgIpc) is 2.40. The Kier molecular flexibility index (Phi) is 4.60. The van der Waals surface area contributed by atoms with Crippen molar-refractivity contribution in [3.05, 3.63) is 39.9 Å². The minimum atomic E-state index is -0.301. The number of nitro groups is 1. The highest BCUT2D eigenvalue weighted by molar-refractivity contribution is 7.99. The summed E-state index contributed by atoms with van der Waals surface area (Å²) in [6.45, 7) is 2.00. The van der Waals surface area contributed by atoms with Gasteiger partial charge in [0.25, 0.3) is 5.69 Å². The van der Waals surface area contributed by atoms with Crippen LogP contribution in [0.15, 0.2) is 24.3 Å². The van der Waals surface area contributed by atoms with Gasteiger partial charge in [-0.1, -0.05) is 18.2 Å². The number of rotatable bonds is 4. The van der Waals surface area contributed by atoms with Crippen LogP contribution in [0.4, 0.5) is 5.69 Å². The zero-order valence-corrected chi connectivity index (χ0v) is 11.3. The number of benzene rings is 1. The summed E-state index contributed by atoms with van der Waals surface area (Å²) in [5, 5.41) is 14.5. The number of nitrogens with one attached hydrogen (secondary N) is 1. The van der Waals surface area contributed by atoms with E-state index in [0.29, 0.717) is 6.04 Å². The van der Waals surface area contributed by atoms with Crippen LogP contribution in [0.2, 0.25) is 0 Å². The molecule has 1 atom stereocenters. The van der Waals surface area contributed by atoms with E-state index in [2.05, 4.69) is 5.32 Å². The third-order valence-electron chi connectivity index (χ3n) is 3.31. The van der Waals surface area contributed by atoms with Crippen LogP contribution in [0.1, 0.15) is 31.4 Å². The molecule has 1 aliphatic heterocycles. The fraction of sp³-hybridized carbons (Fsp3) is 0.538. The SMILES string of the molecule is CC(NC1CCSCC1)c1ccccc1[N+](=O)[O-]. The second-order valence-corrected chi connectivity index (χ2v) is 5.82. The highest BCUT2D eigenvalue weighted by Gasteiger charge is 2.21. The number of nitrogens with zero attached hydrogens (tertiary/aromatic N) is 1. The van der Waals surface area contributed by atoms with E-state index in [9.17, 15) is 10.1 Å². The molecule has 0 saturated carbocycles. The maximum Gasteiger partial charge on any atom is 0.274 e. The van der Waals surface area contributed by atoms with Gasteiger partial charge in [0.15, 0.2) is 0 Å². The summed E-state index contributed by atoms with van der Waals surface area (Å²) < 4.78 is 0. The van der Waals surface area contributed by atoms with Crippen LogP contribution < -0.4 is 5.32 Å². The van der Waals surface area contributed by atoms with Crippen molar-refractivity contribution < 1.29 is 4.92 Å². The number of nitro benzene ring substituents is 1. The minimum absolute atomic E-state index is 0.0275. The first-order chi connectivity index (χ1) is 8.68. The van der Waals surface area contributed by atoms with Gasteiger partial charge in [0, 0.05) is 23.7 Å². The van der Waals surface area contributed by atoms with Gasteiger partial charge in [-0.2, -0.15) is 11.8 Å². The van der Waals surface area contributed by atoms with Gasteiger partial charge >= 0.3 is 0 Å². The molecule has 0 aliphatic carbocycles. The van der Waals surface area contributed by atoms with Crippen molar-refractivity contribution in [3.63, 3.8) is 0 Å². The first kappa shape index (κ1) is 13.4. The number of thioether (sulfide) groups is 1. The molecule has 0 aromatic heterocycles. The van der Waals surface area contributed by atoms with Crippen molar-refractivity contribution in [3.8, 4) is 0 Å². The third-order valence-corrected chi connectivity index (χ3v) is 4.36. The molecule has 1 aromatic carbocycles. The lowest BCUT2D eigenvalue weighted by molar-refractivity contribution is -0.385. The lowest BCUT2D eigenvalue weighted by Crippen LogP contribution is -2.34. The maximum absolute atomic E-state index is 11.0. The Hall–Kier alpha value is -1.07. The van der Waals surface area contributed by atoms with Crippen molar-refractivity contribution in [2.24, 2.45) is 0 Å². The van der Waals surface area contributed by atoms with Crippen molar-refractivity contribution in [2.75, 3.05) is 11.5 Å². The lowest BCUT2D eigenvalue weighted by atomic mass is 10.0. The minimum Gasteiger partial charge on any atom is -0.307 e. The molecule has 1 unspecified atom stereocenters. The Balaban J connectivity index is 2.08. The van der Waals surface area contributed by atoms with Crippen LogP contribution in [-0.4, -0.2) is 22.5 Å². The molecule has 0 radical (unpaired) electrons. The van der Waals surface area contributed by atoms with Gasteiger partial charge in [0.05, 0.1) is 4.92 Å². The van der Waals surface area contributed by atoms with Gasteiger partial charge in [-0.05, 0) is 31.3 Å². The number of hydrogen-bond donors (Lipinski definition) is 1. The molecule has 0 bridgehead atoms. The Morgan fingerprint density at radius 1 is 1.39 bits per heavy atom. The van der Waals surface area contributed by atoms with Crippen LogP contribution in [0, 0.1) is 10.1 Å². The van der Waals surface area contributed by atoms with E-state index < -0.39 is 0 Å². The molecular weight excluding hydrogens is 248 g/mol. The molecule has 1 aliphatic rings. The van der Waals surface area contributed by atoms with Crippen LogP contribution >= 0.6 is 11.8 Å². The molecule has 1 heterocycles. The van der Waals surface area contributed by atoms with Crippen LogP contribution in [0.3, 0.4) is 0 Å². The third kappa shape index (κ3) is 3.23. The molecule has 1 saturated heterocycles. The smallest absolute Gasteiger partial charge is 0.274 e. The highest BCUT2D eigenvalue weighted by Crippen LogP contribution is 2.26. The first-order valence-electron chi connectivity index (χ1n) is 6.25. The molecule has 5 heteroatoms. The van der Waals surface area contributed by atoms with Gasteiger partial charge in [-0.15, -0.1) is 0 Å². The topological polar surface area (TPSA) is 55.2 Å². The van der Waals surface area contributed by atoms with E-state index in [4.69, 9.17) is 0 Å². The van der Waals surface area contributed by atoms with Gasteiger partial charge < -0.3 is 5.32 Å². The fourth-order valence-corrected chi connectivity index (χ4v) is 3.43. The Morgan fingerprint density at radius 2 is 2.06 bits per heavy atom. The quantitative estimate of drug-likeness (QED) is 0.672. The molecule has 1 aromatic rings. The molecule has 1 fully saturated rings. The van der Waals surface area contributed by atoms with E-state index >= 15 is 0 Å². The zero-order valence-electron chi connectivity index (χ0n) is 10.5. The van der Waals surface area contributed by atoms with Gasteiger partial charge in [0.1, 0.15) is 0 Å². The van der Waals surface area contributed by atoms with Crippen LogP contribution in [0.5, 0.6) is 0 Å². The number of hydrogen-bond acceptors (Lipinski definition) is 4. The molecule has 4 nitrogen and oxygen atoms in total. The van der Waals surface area contributed by atoms with E-state index in [-0.39, 0.29) is 16.7 Å². The molecule has 2 rings (SSSR count). The summed E-state index contributed by atoms with van der Waals surface area (Å²) in [5.41, 5.74) is 0.989. The van der Waals surface area contributed by atoms with E-state index in [1.54, 1.807) is 12.1 Å². The van der Waals surface area contributed by atoms with Crippen LogP contribution in [-0.2, 0) is 0 Å². The predicted octanol–water partition coefficient (Wildman–Crippen LogP) is 3.14. The Morgan fingerprint density at radius 3 is 2.72 bits per heavy atom. The van der Waals surface area contributed by atoms with Gasteiger partial charge in [-0.3, -0.25) is 10.1 Å². The Labute approximate surface area is 111 Å². The summed E-state index contributed by atoms with van der Waals surface area (Å²) >= 11 is 1.98. The Bertz CT molecular complexity index is 419.